The molecular weight excluding hydrogens is 156 g/mol. The maximum Gasteiger partial charge on any atom is 0.209 e. The molecule has 1 atom stereocenters. The number of carbonyl (C=O) groups excluding carboxylic acids is 1. The number of hydrogen-bond donors (Lipinski definition) is 0. The molecule has 0 aromatic rings. The van der Waals surface area contributed by atoms with Crippen molar-refractivity contribution in [1.29, 1.82) is 0 Å². The van der Waals surface area contributed by atoms with Gasteiger partial charge in [-0.25, -0.2) is 0 Å². The molecule has 0 heterocycles. The van der Waals surface area contributed by atoms with Crippen LogP contribution < -0.4 is 0 Å². The number of hydrogen-bond acceptors (Lipinski definition) is 3. The first-order chi connectivity index (χ1) is 5.57. The molecule has 0 unspecified atom stereocenters. The van der Waals surface area contributed by atoms with Crippen LogP contribution in [0.2, 0.25) is 0 Å². The predicted octanol–water partition coefficient (Wildman–Crippen LogP) is 1.63. The van der Waals surface area contributed by atoms with Crippen molar-refractivity contribution in [3.8, 4) is 0 Å². The normalized spacial score (nSPS) is 14.7. The first kappa shape index (κ1) is 10.6. The second kappa shape index (κ2) is 5.23. The van der Waals surface area contributed by atoms with Gasteiger partial charge in [-0.2, -0.15) is 0 Å². The fourth-order valence-corrected chi connectivity index (χ4v) is 0.425. The summed E-state index contributed by atoms with van der Waals surface area (Å²) in [5, 5.41) is 14.3. The van der Waals surface area contributed by atoms with Gasteiger partial charge in [-0.15, -0.1) is 0 Å². The van der Waals surface area contributed by atoms with Crippen molar-refractivity contribution in [3.63, 3.8) is 0 Å². The van der Waals surface area contributed by atoms with Crippen molar-refractivity contribution in [2.75, 3.05) is 0 Å². The monoisotopic (exact) mass is 168 g/mol. The summed E-state index contributed by atoms with van der Waals surface area (Å²) in [6.45, 7) is 6.34. The minimum atomic E-state index is -0.586. The van der Waals surface area contributed by atoms with Crippen molar-refractivity contribution >= 4 is 5.78 Å². The molecule has 0 rings (SSSR count). The van der Waals surface area contributed by atoms with E-state index in [1.54, 1.807) is 6.92 Å². The molecule has 0 saturated carbocycles. The van der Waals surface area contributed by atoms with Gasteiger partial charge in [0.15, 0.2) is 11.8 Å². The van der Waals surface area contributed by atoms with Gasteiger partial charge in [-0.05, 0) is 19.0 Å². The standard InChI is InChI=1S/C8H12N2O2/c1-4-5-6-10(12)9-7(2)8(3)11/h4-7H,1H2,2-3H3/b6-5+,10-9?/t7-/m0/s1. The molecular formula is C8H12N2O2. The third-order valence-electron chi connectivity index (χ3n) is 1.23. The number of rotatable bonds is 4. The Bertz CT molecular complexity index is 231. The summed E-state index contributed by atoms with van der Waals surface area (Å²) in [5.74, 6) is -0.136. The van der Waals surface area contributed by atoms with E-state index >= 15 is 0 Å². The van der Waals surface area contributed by atoms with E-state index in [9.17, 15) is 10.0 Å². The average Bonchev–Trinajstić information content (AvgIpc) is 2.00. The number of hydroxylamine groups is 1. The second-order valence-corrected chi connectivity index (χ2v) is 2.28. The van der Waals surface area contributed by atoms with Gasteiger partial charge in [0, 0.05) is 6.08 Å². The van der Waals surface area contributed by atoms with Crippen LogP contribution >= 0.6 is 0 Å². The van der Waals surface area contributed by atoms with Crippen molar-refractivity contribution in [2.24, 2.45) is 5.11 Å². The van der Waals surface area contributed by atoms with Gasteiger partial charge in [-0.3, -0.25) is 4.79 Å². The summed E-state index contributed by atoms with van der Waals surface area (Å²) >= 11 is 0. The maximum atomic E-state index is 10.8. The summed E-state index contributed by atoms with van der Waals surface area (Å²) in [4.78, 5) is 11.0. The zero-order chi connectivity index (χ0) is 9.56. The van der Waals surface area contributed by atoms with Crippen LogP contribution in [0.15, 0.2) is 30.0 Å². The summed E-state index contributed by atoms with van der Waals surface area (Å²) in [5.41, 5.74) is 0. The summed E-state index contributed by atoms with van der Waals surface area (Å²) < 4.78 is 0. The van der Waals surface area contributed by atoms with Crippen LogP contribution in [-0.4, -0.2) is 16.7 Å². The number of carbonyl (C=O) groups is 1. The van der Waals surface area contributed by atoms with Crippen molar-refractivity contribution in [2.45, 2.75) is 19.9 Å². The number of ketones is 1. The quantitative estimate of drug-likeness (QED) is 0.277. The van der Waals surface area contributed by atoms with E-state index in [-0.39, 0.29) is 5.78 Å². The van der Waals surface area contributed by atoms with Crippen molar-refractivity contribution < 1.29 is 9.66 Å². The van der Waals surface area contributed by atoms with Crippen LogP contribution in [-0.2, 0) is 4.79 Å². The number of Topliss-reactive ketones (excluding diaryl/α,β-unsaturated/α-hetero) is 1. The Balaban J connectivity index is 4.24. The third kappa shape index (κ3) is 4.38. The average molecular weight is 168 g/mol. The second-order valence-electron chi connectivity index (χ2n) is 2.28. The van der Waals surface area contributed by atoms with Crippen LogP contribution in [0.3, 0.4) is 0 Å². The zero-order valence-corrected chi connectivity index (χ0v) is 7.23. The molecule has 0 saturated heterocycles. The Labute approximate surface area is 71.5 Å². The molecule has 66 valence electrons. The Morgan fingerprint density at radius 3 is 2.75 bits per heavy atom. The van der Waals surface area contributed by atoms with E-state index in [4.69, 9.17) is 0 Å². The summed E-state index contributed by atoms with van der Waals surface area (Å²) in [6, 6.07) is -0.586. The Hall–Kier alpha value is -1.45. The van der Waals surface area contributed by atoms with Gasteiger partial charge in [0.2, 0.25) is 6.20 Å². The summed E-state index contributed by atoms with van der Waals surface area (Å²) in [6.07, 6.45) is 4.09. The fraction of sp³-hybridized carbons (Fsp3) is 0.375. The molecule has 4 heteroatoms. The molecule has 0 aromatic carbocycles. The molecule has 4 nitrogen and oxygen atoms in total. The molecule has 0 N–H and O–H groups in total. The Morgan fingerprint density at radius 2 is 2.33 bits per heavy atom. The molecule has 0 spiro atoms. The maximum absolute atomic E-state index is 10.8. The van der Waals surface area contributed by atoms with Crippen LogP contribution in [0.4, 0.5) is 0 Å². The number of allylic oxidation sites excluding steroid dienone is 2. The molecule has 0 bridgehead atoms. The van der Waals surface area contributed by atoms with E-state index in [1.165, 1.54) is 25.3 Å². The largest absolute Gasteiger partial charge is 0.595 e. The molecule has 0 aromatic heterocycles. The topological polar surface area (TPSA) is 55.5 Å². The van der Waals surface area contributed by atoms with Gasteiger partial charge in [0.25, 0.3) is 0 Å². The van der Waals surface area contributed by atoms with E-state index in [2.05, 4.69) is 11.7 Å². The fourth-order valence-electron chi connectivity index (χ4n) is 0.425. The molecule has 0 fully saturated rings. The van der Waals surface area contributed by atoms with Gasteiger partial charge in [0.05, 0.1) is 0 Å². The lowest BCUT2D eigenvalue weighted by molar-refractivity contribution is -0.460. The minimum Gasteiger partial charge on any atom is -0.595 e. The highest BCUT2D eigenvalue weighted by Gasteiger charge is 2.08. The smallest absolute Gasteiger partial charge is 0.209 e. The first-order valence-electron chi connectivity index (χ1n) is 3.54. The highest BCUT2D eigenvalue weighted by Crippen LogP contribution is 1.92. The lowest BCUT2D eigenvalue weighted by Gasteiger charge is -1.97. The lowest BCUT2D eigenvalue weighted by atomic mass is 10.3. The van der Waals surface area contributed by atoms with Crippen LogP contribution in [0.25, 0.3) is 0 Å². The molecule has 0 radical (unpaired) electrons. The lowest BCUT2D eigenvalue weighted by Crippen LogP contribution is -2.12. The van der Waals surface area contributed by atoms with E-state index in [1.807, 2.05) is 0 Å². The van der Waals surface area contributed by atoms with Crippen LogP contribution in [0.5, 0.6) is 0 Å². The predicted molar refractivity (Wildman–Crippen MR) is 45.5 cm³/mol. The number of nitrogens with zero attached hydrogens (tertiary/aromatic N) is 2. The Morgan fingerprint density at radius 1 is 1.75 bits per heavy atom. The molecule has 0 amide bonds. The molecule has 0 aliphatic heterocycles. The third-order valence-corrected chi connectivity index (χ3v) is 1.23. The minimum absolute atomic E-state index is 0.136. The highest BCUT2D eigenvalue weighted by atomic mass is 16.5. The zero-order valence-electron chi connectivity index (χ0n) is 7.23. The van der Waals surface area contributed by atoms with Gasteiger partial charge >= 0.3 is 0 Å². The van der Waals surface area contributed by atoms with Gasteiger partial charge in [0.1, 0.15) is 0 Å². The van der Waals surface area contributed by atoms with Crippen molar-refractivity contribution in [3.05, 3.63) is 30.1 Å². The highest BCUT2D eigenvalue weighted by molar-refractivity contribution is 5.80. The SMILES string of the molecule is C=C/C=C/[N+]([O-])=N[C@@H](C)C(C)=O. The van der Waals surface area contributed by atoms with E-state index in [0.717, 1.165) is 0 Å². The molecule has 0 aliphatic rings. The Kier molecular flexibility index (Phi) is 4.60. The van der Waals surface area contributed by atoms with Gasteiger partial charge < -0.3 is 5.21 Å². The molecule has 0 aliphatic carbocycles. The first-order valence-corrected chi connectivity index (χ1v) is 3.54. The van der Waals surface area contributed by atoms with Crippen LogP contribution in [0, 0.1) is 5.21 Å². The summed E-state index contributed by atoms with van der Waals surface area (Å²) in [7, 11) is 0. The van der Waals surface area contributed by atoms with E-state index in [0.29, 0.717) is 4.86 Å². The van der Waals surface area contributed by atoms with Crippen molar-refractivity contribution in [1.82, 2.24) is 0 Å². The van der Waals surface area contributed by atoms with Gasteiger partial charge in [-0.1, -0.05) is 17.5 Å². The number of azo groups is 1. The van der Waals surface area contributed by atoms with E-state index < -0.39 is 6.04 Å². The molecule has 12 heavy (non-hydrogen) atoms. The van der Waals surface area contributed by atoms with Crippen LogP contribution in [0.1, 0.15) is 13.8 Å².